The Hall–Kier alpha value is -1.82. The summed E-state index contributed by atoms with van der Waals surface area (Å²) in [5.74, 6) is 4.71. The van der Waals surface area contributed by atoms with Gasteiger partial charge in [-0.05, 0) is 19.3 Å². The molecule has 0 amide bonds. The molecule has 3 nitrogen and oxygen atoms in total. The summed E-state index contributed by atoms with van der Waals surface area (Å²) >= 11 is 0. The van der Waals surface area contributed by atoms with Crippen molar-refractivity contribution in [2.75, 3.05) is 19.8 Å². The third kappa shape index (κ3) is 25.8. The Balaban J connectivity index is 2.54. The fourth-order valence-corrected chi connectivity index (χ4v) is 6.31. The molecule has 0 heterocycles. The van der Waals surface area contributed by atoms with E-state index in [9.17, 15) is 0 Å². The quantitative estimate of drug-likeness (QED) is 0.0410. The van der Waals surface area contributed by atoms with Gasteiger partial charge >= 0.3 is 0 Å². The molecule has 1 rings (SSSR count). The van der Waals surface area contributed by atoms with Gasteiger partial charge in [0.2, 0.25) is 0 Å². The highest BCUT2D eigenvalue weighted by Gasteiger charge is 2.13. The Bertz CT molecular complexity index is 794. The van der Waals surface area contributed by atoms with E-state index in [1.165, 1.54) is 173 Å². The van der Waals surface area contributed by atoms with E-state index in [0.717, 1.165) is 25.0 Å². The van der Waals surface area contributed by atoms with E-state index in [4.69, 9.17) is 20.6 Å². The van der Waals surface area contributed by atoms with Crippen molar-refractivity contribution in [2.24, 2.45) is 0 Å². The van der Waals surface area contributed by atoms with Crippen LogP contribution < -0.4 is 14.2 Å². The third-order valence-electron chi connectivity index (χ3n) is 9.42. The molecule has 3 heteroatoms. The van der Waals surface area contributed by atoms with Crippen LogP contribution in [0.2, 0.25) is 0 Å². The summed E-state index contributed by atoms with van der Waals surface area (Å²) in [7, 11) is 0. The lowest BCUT2D eigenvalue weighted by Crippen LogP contribution is -2.07. The molecule has 0 aliphatic heterocycles. The maximum Gasteiger partial charge on any atom is 0.200 e. The van der Waals surface area contributed by atoms with Gasteiger partial charge in [0.1, 0.15) is 11.5 Å². The summed E-state index contributed by atoms with van der Waals surface area (Å²) < 4.78 is 19.0. The number of rotatable bonds is 36. The van der Waals surface area contributed by atoms with E-state index in [-0.39, 0.29) is 0 Å². The molecule has 0 bridgehead atoms. The highest BCUT2D eigenvalue weighted by atomic mass is 16.5. The molecule has 0 fully saturated rings. The van der Waals surface area contributed by atoms with Crippen LogP contribution in [0, 0.1) is 12.3 Å². The van der Waals surface area contributed by atoms with Gasteiger partial charge < -0.3 is 20.6 Å². The first-order chi connectivity index (χ1) is 23.3. The summed E-state index contributed by atoms with van der Waals surface area (Å²) in [6.07, 6.45) is 47.1. The van der Waals surface area contributed by atoms with Crippen LogP contribution in [0.4, 0.5) is 0 Å². The van der Waals surface area contributed by atoms with Crippen LogP contribution in [0.15, 0.2) is 12.1 Å². The summed E-state index contributed by atoms with van der Waals surface area (Å²) in [6.45, 7) is 8.86. The lowest BCUT2D eigenvalue weighted by atomic mass is 10.1. The normalized spacial score (nSPS) is 11.1. The molecular weight excluding hydrogens is 576 g/mol. The first-order valence-corrected chi connectivity index (χ1v) is 20.8. The van der Waals surface area contributed by atoms with Gasteiger partial charge in [-0.1, -0.05) is 206 Å². The summed E-state index contributed by atoms with van der Waals surface area (Å²) in [5.41, 5.74) is 0.687. The molecule has 0 aromatic heterocycles. The first-order valence-electron chi connectivity index (χ1n) is 20.8. The SMILES string of the molecule is [C-]#Cc1cc(OCCCCCCCCCCCC)c(OCCCCCCCCCCCC)c(OCCCCCCCCCCCC)c1. The largest absolute Gasteiger partial charge is 0.491 e. The van der Waals surface area contributed by atoms with Crippen molar-refractivity contribution >= 4 is 0 Å². The number of ether oxygens (including phenoxy) is 3. The molecule has 0 radical (unpaired) electrons. The van der Waals surface area contributed by atoms with Crippen molar-refractivity contribution in [3.63, 3.8) is 0 Å². The smallest absolute Gasteiger partial charge is 0.200 e. The monoisotopic (exact) mass is 654 g/mol. The number of benzene rings is 1. The molecule has 0 N–H and O–H groups in total. The average Bonchev–Trinajstić information content (AvgIpc) is 3.09. The molecular formula is C44H77O3-. The molecule has 0 aliphatic rings. The predicted molar refractivity (Wildman–Crippen MR) is 205 cm³/mol. The van der Waals surface area contributed by atoms with Crippen LogP contribution in [0.25, 0.3) is 0 Å². The van der Waals surface area contributed by atoms with E-state index in [1.54, 1.807) is 0 Å². The van der Waals surface area contributed by atoms with Crippen molar-refractivity contribution in [1.82, 2.24) is 0 Å². The lowest BCUT2D eigenvalue weighted by Gasteiger charge is -2.20. The van der Waals surface area contributed by atoms with Crippen molar-refractivity contribution in [2.45, 2.75) is 213 Å². The Morgan fingerprint density at radius 3 is 0.915 bits per heavy atom. The summed E-state index contributed by atoms with van der Waals surface area (Å²) in [6, 6.07) is 3.81. The van der Waals surface area contributed by atoms with E-state index >= 15 is 0 Å². The van der Waals surface area contributed by atoms with Crippen LogP contribution in [0.5, 0.6) is 17.2 Å². The van der Waals surface area contributed by atoms with Crippen molar-refractivity contribution < 1.29 is 14.2 Å². The third-order valence-corrected chi connectivity index (χ3v) is 9.42. The fraction of sp³-hybridized carbons (Fsp3) is 0.818. The molecule has 0 atom stereocenters. The molecule has 0 aliphatic carbocycles. The second-order valence-corrected chi connectivity index (χ2v) is 14.0. The Labute approximate surface area is 294 Å². The molecule has 0 saturated carbocycles. The fourth-order valence-electron chi connectivity index (χ4n) is 6.31. The minimum absolute atomic E-state index is 0.671. The second kappa shape index (κ2) is 34.1. The van der Waals surface area contributed by atoms with Gasteiger partial charge in [-0.2, -0.15) is 0 Å². The molecule has 0 unspecified atom stereocenters. The van der Waals surface area contributed by atoms with Gasteiger partial charge in [0.15, 0.2) is 5.75 Å². The minimum atomic E-state index is 0.671. The maximum atomic E-state index is 7.82. The minimum Gasteiger partial charge on any atom is -0.491 e. The molecule has 47 heavy (non-hydrogen) atoms. The van der Waals surface area contributed by atoms with Gasteiger partial charge in [0.25, 0.3) is 0 Å². The van der Waals surface area contributed by atoms with Crippen molar-refractivity contribution in [1.29, 1.82) is 0 Å². The van der Waals surface area contributed by atoms with Gasteiger partial charge in [-0.15, -0.1) is 5.56 Å². The van der Waals surface area contributed by atoms with E-state index < -0.39 is 0 Å². The van der Waals surface area contributed by atoms with Crippen LogP contribution in [0.3, 0.4) is 0 Å². The summed E-state index contributed by atoms with van der Waals surface area (Å²) in [5, 5.41) is 0. The standard InChI is InChI=1S/C44H77O3/c1-5-9-12-15-18-21-24-27-30-33-36-45-42-39-41(8-4)40-43(46-37-34-31-28-25-22-19-16-13-10-6-2)44(42)47-38-35-32-29-26-23-20-17-14-11-7-3/h39-40H,5-7,9-38H2,1-3H3/q-1. The van der Waals surface area contributed by atoms with Crippen LogP contribution in [-0.4, -0.2) is 19.8 Å². The number of unbranched alkanes of at least 4 members (excludes halogenated alkanes) is 27. The number of hydrogen-bond acceptors (Lipinski definition) is 3. The molecule has 1 aromatic rings. The van der Waals surface area contributed by atoms with Crippen molar-refractivity contribution in [3.05, 3.63) is 24.1 Å². The molecule has 272 valence electrons. The lowest BCUT2D eigenvalue weighted by molar-refractivity contribution is 0.234. The Kier molecular flexibility index (Phi) is 31.3. The van der Waals surface area contributed by atoms with Gasteiger partial charge in [-0.25, -0.2) is 0 Å². The van der Waals surface area contributed by atoms with Gasteiger partial charge in [0.05, 0.1) is 19.8 Å². The predicted octanol–water partition coefficient (Wildman–Crippen LogP) is 14.5. The van der Waals surface area contributed by atoms with E-state index in [1.807, 2.05) is 12.1 Å². The second-order valence-electron chi connectivity index (χ2n) is 14.0. The Morgan fingerprint density at radius 1 is 0.383 bits per heavy atom. The zero-order valence-corrected chi connectivity index (χ0v) is 31.7. The van der Waals surface area contributed by atoms with Crippen LogP contribution in [-0.2, 0) is 0 Å². The topological polar surface area (TPSA) is 27.7 Å². The van der Waals surface area contributed by atoms with Crippen molar-refractivity contribution in [3.8, 4) is 23.2 Å². The first kappa shape index (κ1) is 43.2. The van der Waals surface area contributed by atoms with E-state index in [0.29, 0.717) is 36.9 Å². The van der Waals surface area contributed by atoms with Crippen LogP contribution >= 0.6 is 0 Å². The average molecular weight is 654 g/mol. The van der Waals surface area contributed by atoms with E-state index in [2.05, 4.69) is 26.7 Å². The zero-order chi connectivity index (χ0) is 33.9. The molecule has 1 aromatic carbocycles. The zero-order valence-electron chi connectivity index (χ0n) is 31.7. The summed E-state index contributed by atoms with van der Waals surface area (Å²) in [4.78, 5) is 0. The maximum absolute atomic E-state index is 7.82. The Morgan fingerprint density at radius 2 is 0.638 bits per heavy atom. The molecule has 0 spiro atoms. The highest BCUT2D eigenvalue weighted by molar-refractivity contribution is 5.56. The van der Waals surface area contributed by atoms with Gasteiger partial charge in [0, 0.05) is 0 Å². The molecule has 0 saturated heterocycles. The number of hydrogen-bond donors (Lipinski definition) is 0. The highest BCUT2D eigenvalue weighted by Crippen LogP contribution is 2.39. The van der Waals surface area contributed by atoms with Gasteiger partial charge in [-0.3, -0.25) is 5.92 Å². The van der Waals surface area contributed by atoms with Crippen LogP contribution in [0.1, 0.15) is 219 Å².